The molecule has 32 heavy (non-hydrogen) atoms. The Balaban J connectivity index is 1.33. The summed E-state index contributed by atoms with van der Waals surface area (Å²) in [4.78, 5) is 34.7. The van der Waals surface area contributed by atoms with Gasteiger partial charge in [-0.15, -0.1) is 22.7 Å². The van der Waals surface area contributed by atoms with Gasteiger partial charge in [0.05, 0.1) is 23.9 Å². The van der Waals surface area contributed by atoms with Crippen LogP contribution in [0.15, 0.2) is 54.9 Å². The van der Waals surface area contributed by atoms with E-state index in [2.05, 4.69) is 20.6 Å². The Bertz CT molecular complexity index is 1270. The van der Waals surface area contributed by atoms with Gasteiger partial charge in [-0.25, -0.2) is 9.97 Å². The number of furan rings is 1. The van der Waals surface area contributed by atoms with E-state index in [4.69, 9.17) is 4.42 Å². The normalized spacial score (nSPS) is 10.8. The fourth-order valence-corrected chi connectivity index (χ4v) is 5.52. The lowest BCUT2D eigenvalue weighted by Crippen LogP contribution is -2.16. The highest BCUT2D eigenvalue weighted by atomic mass is 32.2. The molecule has 7 nitrogen and oxygen atoms in total. The van der Waals surface area contributed by atoms with E-state index in [1.54, 1.807) is 41.5 Å². The van der Waals surface area contributed by atoms with Gasteiger partial charge in [-0.3, -0.25) is 14.9 Å². The second-order valence-corrected chi connectivity index (χ2v) is 10.1. The smallest absolute Gasteiger partial charge is 0.260 e. The van der Waals surface area contributed by atoms with E-state index in [1.165, 1.54) is 17.6 Å². The summed E-state index contributed by atoms with van der Waals surface area (Å²) in [7, 11) is 0. The third-order valence-corrected chi connectivity index (χ3v) is 7.35. The number of carbonyl (C=O) groups is 2. The van der Waals surface area contributed by atoms with E-state index in [0.29, 0.717) is 22.1 Å². The Labute approximate surface area is 197 Å². The Kier molecular flexibility index (Phi) is 6.73. The maximum absolute atomic E-state index is 12.5. The molecule has 0 aliphatic rings. The van der Waals surface area contributed by atoms with Crippen molar-refractivity contribution in [2.24, 2.45) is 0 Å². The molecule has 0 atom stereocenters. The van der Waals surface area contributed by atoms with E-state index >= 15 is 0 Å². The number of amides is 2. The minimum atomic E-state index is -0.289. The second-order valence-electron chi connectivity index (χ2n) is 7.05. The van der Waals surface area contributed by atoms with Crippen molar-refractivity contribution in [1.29, 1.82) is 0 Å². The monoisotopic (exact) mass is 484 g/mol. The fraction of sp³-hybridized carbons (Fsp3) is 0.182. The number of carbonyl (C=O) groups excluding carboxylic acids is 2. The van der Waals surface area contributed by atoms with Gasteiger partial charge in [0.25, 0.3) is 5.91 Å². The van der Waals surface area contributed by atoms with Gasteiger partial charge in [0.2, 0.25) is 5.91 Å². The number of rotatable bonds is 7. The number of aromatic nitrogens is 2. The van der Waals surface area contributed by atoms with Gasteiger partial charge < -0.3 is 9.73 Å². The Morgan fingerprint density at radius 1 is 1.06 bits per heavy atom. The summed E-state index contributed by atoms with van der Waals surface area (Å²) in [5.41, 5.74) is 3.80. The van der Waals surface area contributed by atoms with Crippen molar-refractivity contribution in [2.45, 2.75) is 36.4 Å². The van der Waals surface area contributed by atoms with Crippen molar-refractivity contribution in [1.82, 2.24) is 9.97 Å². The number of nitrogens with one attached hydrogen (secondary N) is 2. The molecule has 0 aliphatic carbocycles. The van der Waals surface area contributed by atoms with Crippen LogP contribution >= 0.6 is 34.4 Å². The molecule has 4 aromatic rings. The van der Waals surface area contributed by atoms with Gasteiger partial charge in [0, 0.05) is 27.0 Å². The predicted molar refractivity (Wildman–Crippen MR) is 128 cm³/mol. The predicted octanol–water partition coefficient (Wildman–Crippen LogP) is 5.70. The number of nitrogens with zero attached hydrogens (tertiary/aromatic N) is 2. The lowest BCUT2D eigenvalue weighted by Gasteiger charge is -2.09. The molecule has 3 heterocycles. The minimum Gasteiger partial charge on any atom is -0.469 e. The van der Waals surface area contributed by atoms with Crippen molar-refractivity contribution in [3.63, 3.8) is 0 Å². The van der Waals surface area contributed by atoms with Gasteiger partial charge in [0.1, 0.15) is 5.76 Å². The summed E-state index contributed by atoms with van der Waals surface area (Å²) in [6.45, 7) is 5.66. The fourth-order valence-electron chi connectivity index (χ4n) is 2.91. The average Bonchev–Trinajstić information content (AvgIpc) is 3.46. The Morgan fingerprint density at radius 2 is 1.91 bits per heavy atom. The first-order valence-electron chi connectivity index (χ1n) is 9.67. The zero-order valence-electron chi connectivity index (χ0n) is 17.6. The third-order valence-electron chi connectivity index (χ3n) is 4.49. The summed E-state index contributed by atoms with van der Waals surface area (Å²) < 4.78 is 6.14. The summed E-state index contributed by atoms with van der Waals surface area (Å²) in [6.07, 6.45) is 1.58. The van der Waals surface area contributed by atoms with Crippen molar-refractivity contribution < 1.29 is 14.0 Å². The molecule has 164 valence electrons. The van der Waals surface area contributed by atoms with Crippen LogP contribution in [0.25, 0.3) is 0 Å². The molecular formula is C22H20N4O3S3. The van der Waals surface area contributed by atoms with E-state index < -0.39 is 0 Å². The standard InChI is InChI=1S/C22H20N4O3S3/c1-12-8-16(32-22-23-13(2)10-31-22)4-5-18(12)25-19(27)9-15-11-30-21(24-15)26-20(28)17-6-7-29-14(17)3/h4-8,10-11H,9H2,1-3H3,(H,25,27)(H,24,26,28). The van der Waals surface area contributed by atoms with Gasteiger partial charge in [0.15, 0.2) is 9.47 Å². The molecule has 0 saturated heterocycles. The molecule has 0 saturated carbocycles. The van der Waals surface area contributed by atoms with Crippen LogP contribution in [0.3, 0.4) is 0 Å². The maximum atomic E-state index is 12.5. The summed E-state index contributed by atoms with van der Waals surface area (Å²) in [5.74, 6) is 0.0845. The zero-order chi connectivity index (χ0) is 22.7. The summed E-state index contributed by atoms with van der Waals surface area (Å²) >= 11 is 4.50. The maximum Gasteiger partial charge on any atom is 0.260 e. The molecule has 0 aliphatic heterocycles. The molecule has 2 amide bonds. The highest BCUT2D eigenvalue weighted by Gasteiger charge is 2.15. The van der Waals surface area contributed by atoms with Gasteiger partial charge in [-0.05, 0) is 50.6 Å². The van der Waals surface area contributed by atoms with Crippen molar-refractivity contribution in [2.75, 3.05) is 10.6 Å². The van der Waals surface area contributed by atoms with E-state index in [9.17, 15) is 9.59 Å². The lowest BCUT2D eigenvalue weighted by molar-refractivity contribution is -0.115. The number of thiazole rings is 2. The van der Waals surface area contributed by atoms with E-state index in [1.807, 2.05) is 37.4 Å². The number of anilines is 2. The molecule has 4 rings (SSSR count). The molecular weight excluding hydrogens is 464 g/mol. The Hall–Kier alpha value is -2.95. The molecule has 0 fully saturated rings. The van der Waals surface area contributed by atoms with Crippen LogP contribution in [0.2, 0.25) is 0 Å². The van der Waals surface area contributed by atoms with Crippen molar-refractivity contribution >= 4 is 57.1 Å². The summed E-state index contributed by atoms with van der Waals surface area (Å²) in [6, 6.07) is 7.51. The number of aryl methyl sites for hydroxylation is 3. The lowest BCUT2D eigenvalue weighted by atomic mass is 10.2. The van der Waals surface area contributed by atoms with E-state index in [-0.39, 0.29) is 18.2 Å². The quantitative estimate of drug-likeness (QED) is 0.349. The van der Waals surface area contributed by atoms with Crippen molar-refractivity contribution in [3.05, 3.63) is 69.6 Å². The van der Waals surface area contributed by atoms with Gasteiger partial charge >= 0.3 is 0 Å². The first-order chi connectivity index (χ1) is 15.4. The second kappa shape index (κ2) is 9.68. The van der Waals surface area contributed by atoms with Crippen LogP contribution in [0, 0.1) is 20.8 Å². The van der Waals surface area contributed by atoms with Crippen LogP contribution in [0.4, 0.5) is 10.8 Å². The van der Waals surface area contributed by atoms with Gasteiger partial charge in [-0.2, -0.15) is 0 Å². The first-order valence-corrected chi connectivity index (χ1v) is 12.3. The summed E-state index contributed by atoms with van der Waals surface area (Å²) in [5, 5.41) is 9.90. The van der Waals surface area contributed by atoms with Gasteiger partial charge in [-0.1, -0.05) is 11.8 Å². The number of benzene rings is 1. The molecule has 0 radical (unpaired) electrons. The third kappa shape index (κ3) is 5.45. The average molecular weight is 485 g/mol. The van der Waals surface area contributed by atoms with E-state index in [0.717, 1.165) is 26.2 Å². The zero-order valence-corrected chi connectivity index (χ0v) is 20.0. The number of hydrogen-bond acceptors (Lipinski definition) is 8. The minimum absolute atomic E-state index is 0.117. The highest BCUT2D eigenvalue weighted by Crippen LogP contribution is 2.32. The topological polar surface area (TPSA) is 97.1 Å². The van der Waals surface area contributed by atoms with Crippen LogP contribution in [0.1, 0.15) is 33.1 Å². The molecule has 3 aromatic heterocycles. The molecule has 10 heteroatoms. The van der Waals surface area contributed by atoms with Crippen LogP contribution in [0.5, 0.6) is 0 Å². The largest absolute Gasteiger partial charge is 0.469 e. The molecule has 2 N–H and O–H groups in total. The molecule has 1 aromatic carbocycles. The first kappa shape index (κ1) is 22.3. The van der Waals surface area contributed by atoms with Crippen molar-refractivity contribution in [3.8, 4) is 0 Å². The molecule has 0 spiro atoms. The number of hydrogen-bond donors (Lipinski definition) is 2. The SMILES string of the molecule is Cc1csc(Sc2ccc(NC(=O)Cc3csc(NC(=O)c4ccoc4C)n3)c(C)c2)n1. The molecule has 0 bridgehead atoms. The molecule has 0 unspecified atom stereocenters. The van der Waals surface area contributed by atoms with Crippen LogP contribution in [-0.4, -0.2) is 21.8 Å². The van der Waals surface area contributed by atoms with Crippen LogP contribution in [-0.2, 0) is 11.2 Å². The van der Waals surface area contributed by atoms with Crippen LogP contribution < -0.4 is 10.6 Å². The highest BCUT2D eigenvalue weighted by molar-refractivity contribution is 8.01. The Morgan fingerprint density at radius 3 is 2.59 bits per heavy atom.